The Bertz CT molecular complexity index is 572. The van der Waals surface area contributed by atoms with Gasteiger partial charge in [0.2, 0.25) is 17.7 Å². The highest BCUT2D eigenvalue weighted by molar-refractivity contribution is 6.00. The van der Waals surface area contributed by atoms with E-state index in [4.69, 9.17) is 0 Å². The van der Waals surface area contributed by atoms with Gasteiger partial charge in [-0.15, -0.1) is 0 Å². The van der Waals surface area contributed by atoms with Crippen molar-refractivity contribution in [1.82, 2.24) is 10.6 Å². The van der Waals surface area contributed by atoms with Crippen LogP contribution < -0.4 is 15.5 Å². The molecule has 6 nitrogen and oxygen atoms in total. The number of hydrogen-bond acceptors (Lipinski definition) is 3. The zero-order valence-electron chi connectivity index (χ0n) is 13.5. The Morgan fingerprint density at radius 2 is 1.83 bits per heavy atom. The number of carbonyl (C=O) groups is 3. The van der Waals surface area contributed by atoms with Crippen LogP contribution in [0.25, 0.3) is 0 Å². The Balaban J connectivity index is 1.78. The molecule has 3 amide bonds. The van der Waals surface area contributed by atoms with Crippen LogP contribution in [0, 0.1) is 11.8 Å². The van der Waals surface area contributed by atoms with Gasteiger partial charge < -0.3 is 15.5 Å². The monoisotopic (exact) mass is 317 g/mol. The van der Waals surface area contributed by atoms with Gasteiger partial charge in [0.05, 0.1) is 5.92 Å². The highest BCUT2D eigenvalue weighted by Crippen LogP contribution is 2.24. The Labute approximate surface area is 136 Å². The number of rotatable bonds is 6. The van der Waals surface area contributed by atoms with Gasteiger partial charge in [0, 0.05) is 37.7 Å². The number of hydrogen-bond donors (Lipinski definition) is 2. The largest absolute Gasteiger partial charge is 0.354 e. The predicted molar refractivity (Wildman–Crippen MR) is 87.8 cm³/mol. The van der Waals surface area contributed by atoms with Gasteiger partial charge in [-0.2, -0.15) is 0 Å². The molecule has 0 bridgehead atoms. The van der Waals surface area contributed by atoms with Crippen LogP contribution in [0.5, 0.6) is 0 Å². The zero-order valence-corrected chi connectivity index (χ0v) is 13.5. The fraction of sp³-hybridized carbons (Fsp3) is 0.471. The molecule has 2 N–H and O–H groups in total. The molecule has 2 rings (SSSR count). The van der Waals surface area contributed by atoms with Gasteiger partial charge in [0.25, 0.3) is 0 Å². The first kappa shape index (κ1) is 17.0. The first-order valence-electron chi connectivity index (χ1n) is 7.90. The molecular formula is C17H23N3O3. The van der Waals surface area contributed by atoms with Crippen molar-refractivity contribution in [3.63, 3.8) is 0 Å². The molecule has 1 aromatic carbocycles. The summed E-state index contributed by atoms with van der Waals surface area (Å²) in [5.41, 5.74) is 0.817. The fourth-order valence-corrected chi connectivity index (χ4v) is 2.46. The number of nitrogens with zero attached hydrogens (tertiary/aromatic N) is 1. The van der Waals surface area contributed by atoms with E-state index in [-0.39, 0.29) is 36.0 Å². The van der Waals surface area contributed by atoms with Gasteiger partial charge in [0.15, 0.2) is 0 Å². The van der Waals surface area contributed by atoms with E-state index < -0.39 is 0 Å². The van der Waals surface area contributed by atoms with E-state index in [1.165, 1.54) is 0 Å². The first-order chi connectivity index (χ1) is 11.0. The maximum Gasteiger partial charge on any atom is 0.227 e. The van der Waals surface area contributed by atoms with Gasteiger partial charge >= 0.3 is 0 Å². The van der Waals surface area contributed by atoms with Crippen LogP contribution in [-0.4, -0.2) is 37.4 Å². The summed E-state index contributed by atoms with van der Waals surface area (Å²) in [6.45, 7) is 4.79. The lowest BCUT2D eigenvalue weighted by molar-refractivity contribution is -0.126. The number of para-hydroxylation sites is 1. The lowest BCUT2D eigenvalue weighted by atomic mass is 10.1. The molecule has 0 unspecified atom stereocenters. The topological polar surface area (TPSA) is 78.5 Å². The molecule has 0 saturated carbocycles. The number of nitrogens with one attached hydrogen (secondary N) is 2. The highest BCUT2D eigenvalue weighted by atomic mass is 16.2. The minimum Gasteiger partial charge on any atom is -0.354 e. The molecule has 1 fully saturated rings. The maximum absolute atomic E-state index is 12.1. The number of amides is 3. The number of anilines is 1. The molecule has 1 aliphatic rings. The van der Waals surface area contributed by atoms with Gasteiger partial charge in [-0.3, -0.25) is 14.4 Å². The van der Waals surface area contributed by atoms with Crippen LogP contribution in [0.1, 0.15) is 20.3 Å². The van der Waals surface area contributed by atoms with Crippen LogP contribution in [0.2, 0.25) is 0 Å². The SMILES string of the molecule is CC(C)C(=O)NCCNC(=O)[C@@H]1CC(=O)N(c2ccccc2)C1. The molecule has 6 heteroatoms. The summed E-state index contributed by atoms with van der Waals surface area (Å²) in [5.74, 6) is -0.633. The Hall–Kier alpha value is -2.37. The van der Waals surface area contributed by atoms with Crippen molar-refractivity contribution in [2.45, 2.75) is 20.3 Å². The summed E-state index contributed by atoms with van der Waals surface area (Å²) in [7, 11) is 0. The summed E-state index contributed by atoms with van der Waals surface area (Å²) in [4.78, 5) is 37.3. The van der Waals surface area contributed by atoms with Gasteiger partial charge in [-0.1, -0.05) is 32.0 Å². The smallest absolute Gasteiger partial charge is 0.227 e. The van der Waals surface area contributed by atoms with E-state index >= 15 is 0 Å². The predicted octanol–water partition coefficient (Wildman–Crippen LogP) is 0.928. The Morgan fingerprint density at radius 1 is 1.17 bits per heavy atom. The second kappa shape index (κ2) is 7.76. The van der Waals surface area contributed by atoms with Crippen molar-refractivity contribution in [3.05, 3.63) is 30.3 Å². The van der Waals surface area contributed by atoms with Crippen LogP contribution in [-0.2, 0) is 14.4 Å². The van der Waals surface area contributed by atoms with Gasteiger partial charge in [0.1, 0.15) is 0 Å². The summed E-state index contributed by atoms with van der Waals surface area (Å²) < 4.78 is 0. The molecule has 1 heterocycles. The standard InChI is InChI=1S/C17H23N3O3/c1-12(2)16(22)18-8-9-19-17(23)13-10-15(21)20(11-13)14-6-4-3-5-7-14/h3-7,12-13H,8-11H2,1-2H3,(H,18,22)(H,19,23)/t13-/m1/s1. The lowest BCUT2D eigenvalue weighted by Gasteiger charge is -2.16. The number of carbonyl (C=O) groups excluding carboxylic acids is 3. The Kier molecular flexibility index (Phi) is 5.73. The van der Waals surface area contributed by atoms with Crippen molar-refractivity contribution < 1.29 is 14.4 Å². The van der Waals surface area contributed by atoms with E-state index in [1.54, 1.807) is 4.90 Å². The third-order valence-corrected chi connectivity index (χ3v) is 3.81. The molecule has 1 aromatic rings. The quantitative estimate of drug-likeness (QED) is 0.766. The molecule has 0 aliphatic carbocycles. The van der Waals surface area contributed by atoms with Crippen LogP contribution in [0.4, 0.5) is 5.69 Å². The summed E-state index contributed by atoms with van der Waals surface area (Å²) in [5, 5.41) is 5.52. The maximum atomic E-state index is 12.1. The van der Waals surface area contributed by atoms with E-state index in [9.17, 15) is 14.4 Å². The normalized spacial score (nSPS) is 17.4. The molecular weight excluding hydrogens is 294 g/mol. The number of benzene rings is 1. The second-order valence-corrected chi connectivity index (χ2v) is 5.98. The van der Waals surface area contributed by atoms with Crippen molar-refractivity contribution >= 4 is 23.4 Å². The molecule has 0 aromatic heterocycles. The average Bonchev–Trinajstić information content (AvgIpc) is 2.93. The van der Waals surface area contributed by atoms with Crippen molar-refractivity contribution in [2.24, 2.45) is 11.8 Å². The van der Waals surface area contributed by atoms with E-state index in [0.717, 1.165) is 5.69 Å². The van der Waals surface area contributed by atoms with E-state index in [1.807, 2.05) is 44.2 Å². The summed E-state index contributed by atoms with van der Waals surface area (Å²) in [6.07, 6.45) is 0.221. The zero-order chi connectivity index (χ0) is 16.8. The van der Waals surface area contributed by atoms with Crippen LogP contribution >= 0.6 is 0 Å². The van der Waals surface area contributed by atoms with Gasteiger partial charge in [-0.25, -0.2) is 0 Å². The van der Waals surface area contributed by atoms with E-state index in [2.05, 4.69) is 10.6 Å². The summed E-state index contributed by atoms with van der Waals surface area (Å²) in [6, 6.07) is 9.35. The average molecular weight is 317 g/mol. The highest BCUT2D eigenvalue weighted by Gasteiger charge is 2.34. The molecule has 0 spiro atoms. The van der Waals surface area contributed by atoms with Crippen LogP contribution in [0.3, 0.4) is 0 Å². The minimum absolute atomic E-state index is 0.0365. The molecule has 124 valence electrons. The minimum atomic E-state index is -0.344. The molecule has 0 radical (unpaired) electrons. The Morgan fingerprint density at radius 3 is 2.48 bits per heavy atom. The molecule has 1 saturated heterocycles. The van der Waals surface area contributed by atoms with Crippen molar-refractivity contribution in [3.8, 4) is 0 Å². The van der Waals surface area contributed by atoms with E-state index in [0.29, 0.717) is 19.6 Å². The van der Waals surface area contributed by atoms with Gasteiger partial charge in [-0.05, 0) is 12.1 Å². The van der Waals surface area contributed by atoms with Crippen molar-refractivity contribution in [1.29, 1.82) is 0 Å². The molecule has 23 heavy (non-hydrogen) atoms. The molecule has 1 atom stereocenters. The first-order valence-corrected chi connectivity index (χ1v) is 7.90. The third-order valence-electron chi connectivity index (χ3n) is 3.81. The fourth-order valence-electron chi connectivity index (χ4n) is 2.46. The van der Waals surface area contributed by atoms with Crippen molar-refractivity contribution in [2.75, 3.05) is 24.5 Å². The lowest BCUT2D eigenvalue weighted by Crippen LogP contribution is -2.39. The third kappa shape index (κ3) is 4.55. The van der Waals surface area contributed by atoms with Crippen LogP contribution in [0.15, 0.2) is 30.3 Å². The second-order valence-electron chi connectivity index (χ2n) is 5.98. The summed E-state index contributed by atoms with van der Waals surface area (Å²) >= 11 is 0. The molecule has 1 aliphatic heterocycles.